The lowest BCUT2D eigenvalue weighted by atomic mass is 10.1. The third-order valence-electron chi connectivity index (χ3n) is 4.10. The van der Waals surface area contributed by atoms with E-state index in [9.17, 15) is 0 Å². The number of aromatic nitrogens is 5. The summed E-state index contributed by atoms with van der Waals surface area (Å²) in [4.78, 5) is 12.3. The van der Waals surface area contributed by atoms with Crippen LogP contribution < -0.4 is 14.8 Å². The summed E-state index contributed by atoms with van der Waals surface area (Å²) >= 11 is 0. The standard InChI is InChI=1S/C19H18N6O2/c1-26-15-8-5-9-16(27-2)18(15)14-10-21-25-19(24-14)20-11-17-22-12-6-3-4-7-13(12)23-17/h3-10H,11H2,1-2H3,(H,22,23)(H,20,24,25). The van der Waals surface area contributed by atoms with E-state index >= 15 is 0 Å². The van der Waals surface area contributed by atoms with Crippen molar-refractivity contribution in [3.63, 3.8) is 0 Å². The highest BCUT2D eigenvalue weighted by Crippen LogP contribution is 2.36. The molecule has 4 aromatic rings. The molecule has 0 amide bonds. The maximum atomic E-state index is 5.44. The fourth-order valence-corrected chi connectivity index (χ4v) is 2.85. The van der Waals surface area contributed by atoms with Crippen LogP contribution in [0, 0.1) is 0 Å². The number of methoxy groups -OCH3 is 2. The van der Waals surface area contributed by atoms with E-state index in [0.717, 1.165) is 22.4 Å². The van der Waals surface area contributed by atoms with Gasteiger partial charge in [0.15, 0.2) is 0 Å². The molecule has 0 radical (unpaired) electrons. The van der Waals surface area contributed by atoms with Gasteiger partial charge in [-0.15, -0.1) is 5.10 Å². The molecule has 2 heterocycles. The van der Waals surface area contributed by atoms with E-state index in [0.29, 0.717) is 29.7 Å². The molecule has 0 aliphatic rings. The van der Waals surface area contributed by atoms with Crippen molar-refractivity contribution in [2.75, 3.05) is 19.5 Å². The number of imidazole rings is 1. The molecule has 8 nitrogen and oxygen atoms in total. The fourth-order valence-electron chi connectivity index (χ4n) is 2.85. The van der Waals surface area contributed by atoms with Gasteiger partial charge < -0.3 is 19.8 Å². The predicted octanol–water partition coefficient (Wildman–Crippen LogP) is 3.04. The minimum atomic E-state index is 0.390. The summed E-state index contributed by atoms with van der Waals surface area (Å²) in [6.45, 7) is 0.447. The van der Waals surface area contributed by atoms with Gasteiger partial charge in [-0.3, -0.25) is 0 Å². The Morgan fingerprint density at radius 3 is 2.48 bits per heavy atom. The number of rotatable bonds is 6. The molecule has 0 spiro atoms. The van der Waals surface area contributed by atoms with Gasteiger partial charge in [0.1, 0.15) is 23.0 Å². The first-order valence-corrected chi connectivity index (χ1v) is 8.37. The zero-order valence-electron chi connectivity index (χ0n) is 14.9. The summed E-state index contributed by atoms with van der Waals surface area (Å²) in [7, 11) is 3.21. The summed E-state index contributed by atoms with van der Waals surface area (Å²) in [6, 6.07) is 13.4. The lowest BCUT2D eigenvalue weighted by molar-refractivity contribution is 0.397. The number of benzene rings is 2. The number of H-pyrrole nitrogens is 1. The van der Waals surface area contributed by atoms with E-state index in [1.807, 2.05) is 42.5 Å². The predicted molar refractivity (Wildman–Crippen MR) is 102 cm³/mol. The molecule has 0 atom stereocenters. The number of hydrogen-bond donors (Lipinski definition) is 2. The van der Waals surface area contributed by atoms with Crippen LogP contribution in [0.2, 0.25) is 0 Å². The smallest absolute Gasteiger partial charge is 0.243 e. The third kappa shape index (κ3) is 3.37. The quantitative estimate of drug-likeness (QED) is 0.544. The highest BCUT2D eigenvalue weighted by Gasteiger charge is 2.15. The van der Waals surface area contributed by atoms with Crippen LogP contribution in [0.4, 0.5) is 5.95 Å². The second kappa shape index (κ2) is 7.28. The van der Waals surface area contributed by atoms with Gasteiger partial charge in [-0.2, -0.15) is 5.10 Å². The molecule has 2 N–H and O–H groups in total. The molecule has 4 rings (SSSR count). The molecule has 0 aliphatic heterocycles. The summed E-state index contributed by atoms with van der Waals surface area (Å²) in [5, 5.41) is 11.2. The van der Waals surface area contributed by atoms with Crippen molar-refractivity contribution in [1.29, 1.82) is 0 Å². The molecule has 0 saturated carbocycles. The highest BCUT2D eigenvalue weighted by atomic mass is 16.5. The van der Waals surface area contributed by atoms with Gasteiger partial charge in [0.2, 0.25) is 5.95 Å². The maximum Gasteiger partial charge on any atom is 0.243 e. The number of para-hydroxylation sites is 2. The van der Waals surface area contributed by atoms with Crippen LogP contribution in [0.3, 0.4) is 0 Å². The molecule has 27 heavy (non-hydrogen) atoms. The van der Waals surface area contributed by atoms with Crippen LogP contribution in [-0.2, 0) is 6.54 Å². The van der Waals surface area contributed by atoms with E-state index in [2.05, 4.69) is 30.5 Å². The van der Waals surface area contributed by atoms with Gasteiger partial charge in [-0.25, -0.2) is 9.97 Å². The summed E-state index contributed by atoms with van der Waals surface area (Å²) in [5.74, 6) is 2.48. The summed E-state index contributed by atoms with van der Waals surface area (Å²) in [5.41, 5.74) is 3.23. The first-order valence-electron chi connectivity index (χ1n) is 8.37. The molecule has 0 unspecified atom stereocenters. The minimum Gasteiger partial charge on any atom is -0.496 e. The first kappa shape index (κ1) is 16.8. The Balaban J connectivity index is 1.60. The second-order valence-corrected chi connectivity index (χ2v) is 5.76. The SMILES string of the molecule is COc1cccc(OC)c1-c1cnnc(NCc2nc3ccccc3[nH]2)n1. The monoisotopic (exact) mass is 362 g/mol. The van der Waals surface area contributed by atoms with E-state index in [4.69, 9.17) is 9.47 Å². The lowest BCUT2D eigenvalue weighted by Crippen LogP contribution is -2.07. The zero-order valence-corrected chi connectivity index (χ0v) is 14.9. The number of nitrogens with one attached hydrogen (secondary N) is 2. The zero-order chi connectivity index (χ0) is 18.6. The first-order chi connectivity index (χ1) is 13.3. The van der Waals surface area contributed by atoms with Crippen molar-refractivity contribution in [3.8, 4) is 22.8 Å². The molecular weight excluding hydrogens is 344 g/mol. The second-order valence-electron chi connectivity index (χ2n) is 5.76. The van der Waals surface area contributed by atoms with Crippen LogP contribution in [0.15, 0.2) is 48.7 Å². The van der Waals surface area contributed by atoms with Gasteiger partial charge in [-0.05, 0) is 24.3 Å². The Morgan fingerprint density at radius 2 is 1.74 bits per heavy atom. The molecule has 0 fully saturated rings. The topological polar surface area (TPSA) is 97.8 Å². The number of nitrogens with zero attached hydrogens (tertiary/aromatic N) is 4. The van der Waals surface area contributed by atoms with E-state index in [1.54, 1.807) is 20.4 Å². The van der Waals surface area contributed by atoms with Crippen LogP contribution in [-0.4, -0.2) is 39.4 Å². The lowest BCUT2D eigenvalue weighted by Gasteiger charge is -2.12. The molecule has 8 heteroatoms. The molecule has 0 aliphatic carbocycles. The van der Waals surface area contributed by atoms with Gasteiger partial charge >= 0.3 is 0 Å². The largest absolute Gasteiger partial charge is 0.496 e. The molecular formula is C19H18N6O2. The Labute approximate surface area is 155 Å². The number of anilines is 1. The number of hydrogen-bond acceptors (Lipinski definition) is 7. The molecule has 0 saturated heterocycles. The Bertz CT molecular complexity index is 1020. The van der Waals surface area contributed by atoms with Crippen molar-refractivity contribution in [2.24, 2.45) is 0 Å². The molecule has 2 aromatic heterocycles. The van der Waals surface area contributed by atoms with Crippen molar-refractivity contribution >= 4 is 17.0 Å². The Kier molecular flexibility index (Phi) is 4.52. The van der Waals surface area contributed by atoms with E-state index in [1.165, 1.54) is 0 Å². The van der Waals surface area contributed by atoms with E-state index < -0.39 is 0 Å². The molecule has 2 aromatic carbocycles. The van der Waals surface area contributed by atoms with Gasteiger partial charge in [0, 0.05) is 0 Å². The normalized spacial score (nSPS) is 10.7. The van der Waals surface area contributed by atoms with Crippen LogP contribution >= 0.6 is 0 Å². The molecule has 0 bridgehead atoms. The van der Waals surface area contributed by atoms with Crippen LogP contribution in [0.25, 0.3) is 22.3 Å². The van der Waals surface area contributed by atoms with Gasteiger partial charge in [0.25, 0.3) is 0 Å². The average Bonchev–Trinajstić information content (AvgIpc) is 3.15. The third-order valence-corrected chi connectivity index (χ3v) is 4.10. The number of fused-ring (bicyclic) bond motifs is 1. The average molecular weight is 362 g/mol. The molecule has 136 valence electrons. The maximum absolute atomic E-state index is 5.44. The highest BCUT2D eigenvalue weighted by molar-refractivity contribution is 5.75. The van der Waals surface area contributed by atoms with E-state index in [-0.39, 0.29) is 0 Å². The van der Waals surface area contributed by atoms with Crippen molar-refractivity contribution in [3.05, 3.63) is 54.5 Å². The Morgan fingerprint density at radius 1 is 0.963 bits per heavy atom. The number of ether oxygens (including phenoxy) is 2. The summed E-state index contributed by atoms with van der Waals surface area (Å²) < 4.78 is 10.9. The van der Waals surface area contributed by atoms with Crippen molar-refractivity contribution in [2.45, 2.75) is 6.54 Å². The van der Waals surface area contributed by atoms with Gasteiger partial charge in [-0.1, -0.05) is 18.2 Å². The van der Waals surface area contributed by atoms with Crippen molar-refractivity contribution in [1.82, 2.24) is 25.1 Å². The summed E-state index contributed by atoms with van der Waals surface area (Å²) in [6.07, 6.45) is 1.58. The van der Waals surface area contributed by atoms with Crippen LogP contribution in [0.1, 0.15) is 5.82 Å². The fraction of sp³-hybridized carbons (Fsp3) is 0.158. The Hall–Kier alpha value is -3.68. The van der Waals surface area contributed by atoms with Gasteiger partial charge in [0.05, 0.1) is 43.6 Å². The van der Waals surface area contributed by atoms with Crippen LogP contribution in [0.5, 0.6) is 11.5 Å². The minimum absolute atomic E-state index is 0.390. The number of aromatic amines is 1. The van der Waals surface area contributed by atoms with Crippen molar-refractivity contribution < 1.29 is 9.47 Å².